The molecule has 2 rings (SSSR count). The van der Waals surface area contributed by atoms with Crippen molar-refractivity contribution in [3.05, 3.63) is 53.1 Å². The van der Waals surface area contributed by atoms with Gasteiger partial charge in [0.05, 0.1) is 18.1 Å². The van der Waals surface area contributed by atoms with E-state index in [1.807, 2.05) is 18.2 Å². The monoisotopic (exact) mass is 262 g/mol. The second-order valence-electron chi connectivity index (χ2n) is 4.35. The Balaban J connectivity index is 2.01. The van der Waals surface area contributed by atoms with Gasteiger partial charge in [-0.2, -0.15) is 0 Å². The first-order valence-corrected chi connectivity index (χ1v) is 6.22. The molecule has 0 unspecified atom stereocenters. The van der Waals surface area contributed by atoms with E-state index in [0.717, 1.165) is 11.4 Å². The van der Waals surface area contributed by atoms with Crippen LogP contribution in [0.5, 0.6) is 5.75 Å². The van der Waals surface area contributed by atoms with Crippen molar-refractivity contribution in [2.24, 2.45) is 0 Å². The number of ether oxygens (including phenoxy) is 1. The summed E-state index contributed by atoms with van der Waals surface area (Å²) in [5.74, 6) is 1.34. The zero-order chi connectivity index (χ0) is 13.0. The molecule has 0 N–H and O–H groups in total. The van der Waals surface area contributed by atoms with Crippen molar-refractivity contribution in [1.29, 1.82) is 0 Å². The van der Waals surface area contributed by atoms with Gasteiger partial charge in [0, 0.05) is 0 Å². The van der Waals surface area contributed by atoms with Crippen LogP contribution in [0.3, 0.4) is 0 Å². The Hall–Kier alpha value is -1.61. The highest BCUT2D eigenvalue weighted by atomic mass is 35.5. The van der Waals surface area contributed by atoms with Crippen LogP contribution in [0.2, 0.25) is 5.15 Å². The molecule has 0 atom stereocenters. The molecule has 0 radical (unpaired) electrons. The summed E-state index contributed by atoms with van der Waals surface area (Å²) in [5, 5.41) is 0.389. The van der Waals surface area contributed by atoms with Crippen molar-refractivity contribution < 1.29 is 4.74 Å². The van der Waals surface area contributed by atoms with E-state index in [2.05, 4.69) is 29.9 Å². The smallest absolute Gasteiger partial charge is 0.147 e. The van der Waals surface area contributed by atoms with Crippen molar-refractivity contribution in [1.82, 2.24) is 9.97 Å². The van der Waals surface area contributed by atoms with Gasteiger partial charge in [-0.05, 0) is 23.6 Å². The standard InChI is InChI=1S/C14H15ClN2O/c1-10(2)11-4-3-5-13(6-11)18-9-12-7-17-14(15)8-16-12/h3-8,10H,9H2,1-2H3. The fourth-order valence-electron chi connectivity index (χ4n) is 1.53. The van der Waals surface area contributed by atoms with E-state index < -0.39 is 0 Å². The summed E-state index contributed by atoms with van der Waals surface area (Å²) in [6.07, 6.45) is 3.14. The van der Waals surface area contributed by atoms with Crippen LogP contribution in [0.1, 0.15) is 31.0 Å². The Morgan fingerprint density at radius 3 is 2.72 bits per heavy atom. The number of rotatable bonds is 4. The fourth-order valence-corrected chi connectivity index (χ4v) is 1.63. The van der Waals surface area contributed by atoms with E-state index in [9.17, 15) is 0 Å². The summed E-state index contributed by atoms with van der Waals surface area (Å²) >= 11 is 5.67. The van der Waals surface area contributed by atoms with E-state index in [1.165, 1.54) is 11.8 Å². The second kappa shape index (κ2) is 5.83. The zero-order valence-corrected chi connectivity index (χ0v) is 11.2. The molecule has 0 spiro atoms. The fraction of sp³-hybridized carbons (Fsp3) is 0.286. The summed E-state index contributed by atoms with van der Waals surface area (Å²) in [6, 6.07) is 8.08. The summed E-state index contributed by atoms with van der Waals surface area (Å²) in [4.78, 5) is 8.09. The second-order valence-corrected chi connectivity index (χ2v) is 4.73. The van der Waals surface area contributed by atoms with E-state index in [0.29, 0.717) is 17.7 Å². The molecule has 0 aliphatic carbocycles. The minimum absolute atomic E-state index is 0.389. The zero-order valence-electron chi connectivity index (χ0n) is 10.4. The van der Waals surface area contributed by atoms with Gasteiger partial charge in [-0.25, -0.2) is 4.98 Å². The summed E-state index contributed by atoms with van der Waals surface area (Å²) < 4.78 is 5.68. The molecule has 0 aliphatic heterocycles. The third-order valence-corrected chi connectivity index (χ3v) is 2.78. The van der Waals surface area contributed by atoms with E-state index in [-0.39, 0.29) is 0 Å². The van der Waals surface area contributed by atoms with Crippen molar-refractivity contribution in [3.8, 4) is 5.75 Å². The van der Waals surface area contributed by atoms with Crippen molar-refractivity contribution in [2.45, 2.75) is 26.4 Å². The molecule has 3 nitrogen and oxygen atoms in total. The van der Waals surface area contributed by atoms with Crippen molar-refractivity contribution in [2.75, 3.05) is 0 Å². The highest BCUT2D eigenvalue weighted by Gasteiger charge is 2.02. The molecule has 1 heterocycles. The lowest BCUT2D eigenvalue weighted by atomic mass is 10.0. The molecule has 0 saturated heterocycles. The van der Waals surface area contributed by atoms with Crippen LogP contribution in [0, 0.1) is 0 Å². The van der Waals surface area contributed by atoms with Crippen LogP contribution in [-0.4, -0.2) is 9.97 Å². The Kier molecular flexibility index (Phi) is 4.15. The third kappa shape index (κ3) is 3.44. The lowest BCUT2D eigenvalue weighted by molar-refractivity contribution is 0.300. The summed E-state index contributed by atoms with van der Waals surface area (Å²) in [7, 11) is 0. The van der Waals surface area contributed by atoms with Gasteiger partial charge in [-0.3, -0.25) is 4.98 Å². The van der Waals surface area contributed by atoms with E-state index in [1.54, 1.807) is 6.20 Å². The Labute approximate surface area is 112 Å². The minimum Gasteiger partial charge on any atom is -0.487 e. The quantitative estimate of drug-likeness (QED) is 0.840. The van der Waals surface area contributed by atoms with Crippen LogP contribution in [0.4, 0.5) is 0 Å². The van der Waals surface area contributed by atoms with Crippen LogP contribution in [0.15, 0.2) is 36.7 Å². The molecular formula is C14H15ClN2O. The van der Waals surface area contributed by atoms with Crippen LogP contribution in [-0.2, 0) is 6.61 Å². The first-order chi connectivity index (χ1) is 8.65. The Morgan fingerprint density at radius 2 is 2.06 bits per heavy atom. The lowest BCUT2D eigenvalue weighted by Crippen LogP contribution is -1.99. The molecule has 94 valence electrons. The normalized spacial score (nSPS) is 10.7. The van der Waals surface area contributed by atoms with Crippen LogP contribution in [0.25, 0.3) is 0 Å². The first-order valence-electron chi connectivity index (χ1n) is 5.84. The average Bonchev–Trinajstić information content (AvgIpc) is 2.38. The molecule has 18 heavy (non-hydrogen) atoms. The van der Waals surface area contributed by atoms with Gasteiger partial charge in [-0.1, -0.05) is 37.6 Å². The number of benzene rings is 1. The maximum absolute atomic E-state index is 5.68. The van der Waals surface area contributed by atoms with Gasteiger partial charge in [0.2, 0.25) is 0 Å². The predicted octanol–water partition coefficient (Wildman–Crippen LogP) is 3.83. The molecule has 2 aromatic rings. The van der Waals surface area contributed by atoms with Gasteiger partial charge in [0.1, 0.15) is 17.5 Å². The van der Waals surface area contributed by atoms with Gasteiger partial charge in [0.15, 0.2) is 0 Å². The predicted molar refractivity (Wildman–Crippen MR) is 71.9 cm³/mol. The van der Waals surface area contributed by atoms with Crippen molar-refractivity contribution >= 4 is 11.6 Å². The maximum atomic E-state index is 5.68. The minimum atomic E-state index is 0.389. The highest BCUT2D eigenvalue weighted by molar-refractivity contribution is 6.29. The maximum Gasteiger partial charge on any atom is 0.147 e. The number of hydrogen-bond donors (Lipinski definition) is 0. The highest BCUT2D eigenvalue weighted by Crippen LogP contribution is 2.20. The summed E-state index contributed by atoms with van der Waals surface area (Å²) in [5.41, 5.74) is 2.02. The molecule has 4 heteroatoms. The molecule has 1 aromatic heterocycles. The summed E-state index contributed by atoms with van der Waals surface area (Å²) in [6.45, 7) is 4.71. The number of aromatic nitrogens is 2. The number of halogens is 1. The number of nitrogens with zero attached hydrogens (tertiary/aromatic N) is 2. The first kappa shape index (κ1) is 12.8. The SMILES string of the molecule is CC(C)c1cccc(OCc2cnc(Cl)cn2)c1. The average molecular weight is 263 g/mol. The molecule has 0 aliphatic rings. The molecule has 0 saturated carbocycles. The van der Waals surface area contributed by atoms with E-state index >= 15 is 0 Å². The molecule has 0 bridgehead atoms. The lowest BCUT2D eigenvalue weighted by Gasteiger charge is -2.09. The topological polar surface area (TPSA) is 35.0 Å². The Morgan fingerprint density at radius 1 is 1.22 bits per heavy atom. The molecule has 0 amide bonds. The van der Waals surface area contributed by atoms with Gasteiger partial charge < -0.3 is 4.74 Å². The molecular weight excluding hydrogens is 248 g/mol. The number of hydrogen-bond acceptors (Lipinski definition) is 3. The van der Waals surface area contributed by atoms with Crippen LogP contribution < -0.4 is 4.74 Å². The Bertz CT molecular complexity index is 511. The third-order valence-electron chi connectivity index (χ3n) is 2.59. The molecule has 0 fully saturated rings. The van der Waals surface area contributed by atoms with Gasteiger partial charge in [-0.15, -0.1) is 0 Å². The van der Waals surface area contributed by atoms with Crippen LogP contribution >= 0.6 is 11.6 Å². The van der Waals surface area contributed by atoms with E-state index in [4.69, 9.17) is 16.3 Å². The molecule has 1 aromatic carbocycles. The largest absolute Gasteiger partial charge is 0.487 e. The van der Waals surface area contributed by atoms with Gasteiger partial charge >= 0.3 is 0 Å². The van der Waals surface area contributed by atoms with Crippen molar-refractivity contribution in [3.63, 3.8) is 0 Å². The van der Waals surface area contributed by atoms with Gasteiger partial charge in [0.25, 0.3) is 0 Å².